The summed E-state index contributed by atoms with van der Waals surface area (Å²) in [5.41, 5.74) is 4.39. The summed E-state index contributed by atoms with van der Waals surface area (Å²) in [6.45, 7) is 6.76. The summed E-state index contributed by atoms with van der Waals surface area (Å²) in [4.78, 5) is 30.4. The predicted octanol–water partition coefficient (Wildman–Crippen LogP) is 5.11. The van der Waals surface area contributed by atoms with E-state index < -0.39 is 0 Å². The molecule has 206 valence electrons. The highest BCUT2D eigenvalue weighted by molar-refractivity contribution is 6.01. The maximum absolute atomic E-state index is 13.9. The van der Waals surface area contributed by atoms with Gasteiger partial charge in [-0.3, -0.25) is 4.79 Å². The van der Waals surface area contributed by atoms with E-state index in [1.807, 2.05) is 99.6 Å². The van der Waals surface area contributed by atoms with Crippen molar-refractivity contribution in [2.45, 2.75) is 45.6 Å². The molecule has 3 aromatic rings. The molecule has 0 fully saturated rings. The van der Waals surface area contributed by atoms with Gasteiger partial charge in [0.05, 0.1) is 31.4 Å². The fraction of sp³-hybridized carbons (Fsp3) is 0.375. The number of aliphatic hydroxyl groups is 1. The average molecular weight is 530 g/mol. The monoisotopic (exact) mass is 529 g/mol. The van der Waals surface area contributed by atoms with Crippen LogP contribution >= 0.6 is 0 Å². The summed E-state index contributed by atoms with van der Waals surface area (Å²) < 4.78 is 6.51. The van der Waals surface area contributed by atoms with Gasteiger partial charge in [-0.25, -0.2) is 4.79 Å². The highest BCUT2D eigenvalue weighted by Gasteiger charge is 2.31. The third kappa shape index (κ3) is 6.67. The first-order valence-electron chi connectivity index (χ1n) is 13.6. The zero-order valence-corrected chi connectivity index (χ0v) is 23.2. The van der Waals surface area contributed by atoms with Gasteiger partial charge in [-0.05, 0) is 42.2 Å². The van der Waals surface area contributed by atoms with E-state index in [0.29, 0.717) is 25.3 Å². The van der Waals surface area contributed by atoms with Crippen LogP contribution in [0, 0.1) is 5.92 Å². The number of nitrogens with one attached hydrogen (secondary N) is 1. The van der Waals surface area contributed by atoms with Gasteiger partial charge in [-0.2, -0.15) is 0 Å². The normalized spacial score (nSPS) is 19.2. The number of likely N-dealkylation sites (N-methyl/N-ethyl adjacent to an activating group) is 1. The number of carbonyl (C=O) groups is 2. The molecule has 2 N–H and O–H groups in total. The van der Waals surface area contributed by atoms with Gasteiger partial charge in [0.2, 0.25) is 0 Å². The Labute approximate surface area is 231 Å². The lowest BCUT2D eigenvalue weighted by Gasteiger charge is -2.35. The molecule has 4 rings (SSSR count). The van der Waals surface area contributed by atoms with E-state index >= 15 is 0 Å². The molecule has 0 aromatic heterocycles. The van der Waals surface area contributed by atoms with Gasteiger partial charge in [0.25, 0.3) is 5.91 Å². The van der Waals surface area contributed by atoms with Gasteiger partial charge < -0.3 is 25.0 Å². The van der Waals surface area contributed by atoms with E-state index in [9.17, 15) is 14.7 Å². The molecule has 4 atom stereocenters. The molecule has 3 aromatic carbocycles. The quantitative estimate of drug-likeness (QED) is 0.465. The summed E-state index contributed by atoms with van der Waals surface area (Å²) in [6, 6.07) is 24.7. The molecule has 7 heteroatoms. The summed E-state index contributed by atoms with van der Waals surface area (Å²) >= 11 is 0. The van der Waals surface area contributed by atoms with Crippen LogP contribution in [0.15, 0.2) is 78.9 Å². The number of aliphatic hydroxyl groups excluding tert-OH is 1. The maximum Gasteiger partial charge on any atom is 0.317 e. The van der Waals surface area contributed by atoms with Gasteiger partial charge in [-0.15, -0.1) is 0 Å². The Morgan fingerprint density at radius 2 is 1.62 bits per heavy atom. The average Bonchev–Trinajstić information content (AvgIpc) is 2.98. The Kier molecular flexibility index (Phi) is 9.38. The van der Waals surface area contributed by atoms with Crippen molar-refractivity contribution < 1.29 is 19.4 Å². The standard InChI is InChI=1S/C32H39N3O4/c1-22-18-35(23(2)20-36)31(37)29-17-11-10-16-28(29)27-15-9-8-14-26(27)21-39-30(22)19-34(4)32(38)33-24(3)25-12-6-5-7-13-25/h5-17,22-24,30,36H,18-21H2,1-4H3,(H,33,38)/t22-,23+,24+,30-/m1/s1. The van der Waals surface area contributed by atoms with E-state index in [-0.39, 0.29) is 42.7 Å². The van der Waals surface area contributed by atoms with E-state index in [1.165, 1.54) is 0 Å². The first-order valence-corrected chi connectivity index (χ1v) is 13.6. The number of hydrogen-bond acceptors (Lipinski definition) is 4. The predicted molar refractivity (Wildman–Crippen MR) is 153 cm³/mol. The van der Waals surface area contributed by atoms with Crippen molar-refractivity contribution in [2.75, 3.05) is 26.7 Å². The van der Waals surface area contributed by atoms with Gasteiger partial charge in [0.1, 0.15) is 0 Å². The second-order valence-electron chi connectivity index (χ2n) is 10.5. The zero-order valence-electron chi connectivity index (χ0n) is 23.2. The number of hydrogen-bond donors (Lipinski definition) is 2. The van der Waals surface area contributed by atoms with Crippen molar-refractivity contribution in [3.05, 3.63) is 95.6 Å². The number of fused-ring (bicyclic) bond motifs is 3. The largest absolute Gasteiger partial charge is 0.394 e. The Morgan fingerprint density at radius 3 is 2.31 bits per heavy atom. The molecular formula is C32H39N3O4. The zero-order chi connectivity index (χ0) is 27.9. The highest BCUT2D eigenvalue weighted by Crippen LogP contribution is 2.31. The molecule has 7 nitrogen and oxygen atoms in total. The smallest absolute Gasteiger partial charge is 0.317 e. The fourth-order valence-electron chi connectivity index (χ4n) is 5.02. The van der Waals surface area contributed by atoms with E-state index in [2.05, 4.69) is 5.32 Å². The summed E-state index contributed by atoms with van der Waals surface area (Å²) in [7, 11) is 1.76. The molecule has 0 bridgehead atoms. The van der Waals surface area contributed by atoms with Crippen LogP contribution in [0.5, 0.6) is 0 Å². The molecule has 0 saturated carbocycles. The second-order valence-corrected chi connectivity index (χ2v) is 10.5. The van der Waals surface area contributed by atoms with Crippen molar-refractivity contribution in [1.29, 1.82) is 0 Å². The van der Waals surface area contributed by atoms with Crippen molar-refractivity contribution in [3.8, 4) is 11.1 Å². The molecule has 0 spiro atoms. The van der Waals surface area contributed by atoms with Crippen LogP contribution in [-0.4, -0.2) is 65.7 Å². The Morgan fingerprint density at radius 1 is 1.00 bits per heavy atom. The van der Waals surface area contributed by atoms with Crippen molar-refractivity contribution in [2.24, 2.45) is 5.92 Å². The minimum atomic E-state index is -0.377. The second kappa shape index (κ2) is 12.9. The maximum atomic E-state index is 13.9. The van der Waals surface area contributed by atoms with Crippen LogP contribution in [0.4, 0.5) is 4.79 Å². The molecule has 0 radical (unpaired) electrons. The van der Waals surface area contributed by atoms with Crippen LogP contribution in [-0.2, 0) is 11.3 Å². The Balaban J connectivity index is 1.61. The van der Waals surface area contributed by atoms with Gasteiger partial charge in [0.15, 0.2) is 0 Å². The van der Waals surface area contributed by atoms with Gasteiger partial charge in [0, 0.05) is 31.6 Å². The lowest BCUT2D eigenvalue weighted by atomic mass is 9.94. The Hall–Kier alpha value is -3.68. The molecule has 3 amide bonds. The van der Waals surface area contributed by atoms with Crippen molar-refractivity contribution >= 4 is 11.9 Å². The third-order valence-electron chi connectivity index (χ3n) is 7.53. The Bertz CT molecular complexity index is 1270. The summed E-state index contributed by atoms with van der Waals surface area (Å²) in [5.74, 6) is -0.237. The minimum Gasteiger partial charge on any atom is -0.394 e. The first kappa shape index (κ1) is 28.3. The van der Waals surface area contributed by atoms with Gasteiger partial charge in [-0.1, -0.05) is 79.7 Å². The van der Waals surface area contributed by atoms with Gasteiger partial charge >= 0.3 is 6.03 Å². The topological polar surface area (TPSA) is 82.1 Å². The molecule has 1 aliphatic rings. The molecule has 0 aliphatic carbocycles. The van der Waals surface area contributed by atoms with Crippen molar-refractivity contribution in [1.82, 2.24) is 15.1 Å². The number of amides is 3. The van der Waals surface area contributed by atoms with E-state index in [1.54, 1.807) is 16.8 Å². The van der Waals surface area contributed by atoms with E-state index in [4.69, 9.17) is 4.74 Å². The van der Waals surface area contributed by atoms with Crippen molar-refractivity contribution in [3.63, 3.8) is 0 Å². The van der Waals surface area contributed by atoms with Crippen LogP contribution in [0.25, 0.3) is 11.1 Å². The van der Waals surface area contributed by atoms with Crippen LogP contribution in [0.3, 0.4) is 0 Å². The fourth-order valence-corrected chi connectivity index (χ4v) is 5.02. The van der Waals surface area contributed by atoms with Crippen LogP contribution in [0.1, 0.15) is 48.3 Å². The lowest BCUT2D eigenvalue weighted by Crippen LogP contribution is -2.49. The summed E-state index contributed by atoms with van der Waals surface area (Å²) in [5, 5.41) is 13.1. The molecule has 0 saturated heterocycles. The minimum absolute atomic E-state index is 0.109. The summed E-state index contributed by atoms with van der Waals surface area (Å²) in [6.07, 6.45) is -0.344. The molecular weight excluding hydrogens is 490 g/mol. The number of ether oxygens (including phenoxy) is 1. The molecule has 39 heavy (non-hydrogen) atoms. The number of carbonyl (C=O) groups excluding carboxylic acids is 2. The molecule has 1 aliphatic heterocycles. The number of rotatable bonds is 6. The molecule has 1 heterocycles. The van der Waals surface area contributed by atoms with Crippen LogP contribution < -0.4 is 5.32 Å². The third-order valence-corrected chi connectivity index (χ3v) is 7.53. The number of nitrogens with zero attached hydrogens (tertiary/aromatic N) is 2. The number of urea groups is 1. The highest BCUT2D eigenvalue weighted by atomic mass is 16.5. The van der Waals surface area contributed by atoms with E-state index in [0.717, 1.165) is 22.3 Å². The van der Waals surface area contributed by atoms with Crippen LogP contribution in [0.2, 0.25) is 0 Å². The molecule has 0 unspecified atom stereocenters. The lowest BCUT2D eigenvalue weighted by molar-refractivity contribution is -0.0185. The first-order chi connectivity index (χ1) is 18.8. The SMILES string of the molecule is C[C@H](NC(=O)N(C)C[C@H]1OCc2ccccc2-c2ccccc2C(=O)N([C@@H](C)CO)C[C@H]1C)c1ccccc1. The number of benzene rings is 3.